The maximum atomic E-state index is 9.11. The minimum absolute atomic E-state index is 0.237. The molecule has 15 heavy (non-hydrogen) atoms. The SMILES string of the molecule is CC(O)CNCC1CC1c1ccccc1. The van der Waals surface area contributed by atoms with Crippen LogP contribution < -0.4 is 5.32 Å². The highest BCUT2D eigenvalue weighted by Gasteiger charge is 2.37. The van der Waals surface area contributed by atoms with E-state index in [1.807, 2.05) is 6.92 Å². The Morgan fingerprint density at radius 1 is 1.40 bits per heavy atom. The predicted octanol–water partition coefficient (Wildman–Crippen LogP) is 1.76. The molecule has 1 aromatic rings. The van der Waals surface area contributed by atoms with Gasteiger partial charge in [0.05, 0.1) is 6.10 Å². The molecule has 1 aliphatic rings. The number of hydrogen-bond donors (Lipinski definition) is 2. The first kappa shape index (κ1) is 10.7. The van der Waals surface area contributed by atoms with Gasteiger partial charge in [-0.25, -0.2) is 0 Å². The summed E-state index contributed by atoms with van der Waals surface area (Å²) in [6.45, 7) is 3.55. The zero-order chi connectivity index (χ0) is 10.7. The number of hydrogen-bond acceptors (Lipinski definition) is 2. The molecular weight excluding hydrogens is 186 g/mol. The van der Waals surface area contributed by atoms with Crippen LogP contribution in [0.1, 0.15) is 24.8 Å². The molecule has 0 bridgehead atoms. The van der Waals surface area contributed by atoms with Crippen LogP contribution in [0.2, 0.25) is 0 Å². The molecule has 3 atom stereocenters. The summed E-state index contributed by atoms with van der Waals surface area (Å²) in [5.74, 6) is 1.51. The molecule has 1 saturated carbocycles. The first-order valence-electron chi connectivity index (χ1n) is 5.71. The highest BCUT2D eigenvalue weighted by Crippen LogP contribution is 2.46. The molecule has 1 aliphatic carbocycles. The van der Waals surface area contributed by atoms with Gasteiger partial charge < -0.3 is 10.4 Å². The smallest absolute Gasteiger partial charge is 0.0636 e. The Morgan fingerprint density at radius 2 is 2.13 bits per heavy atom. The standard InChI is InChI=1S/C13H19NO/c1-10(15)8-14-9-12-7-13(12)11-5-3-2-4-6-11/h2-6,10,12-15H,7-9H2,1H3. The first-order chi connectivity index (χ1) is 7.27. The number of aliphatic hydroxyl groups excluding tert-OH is 1. The maximum absolute atomic E-state index is 9.11. The summed E-state index contributed by atoms with van der Waals surface area (Å²) in [5.41, 5.74) is 1.46. The van der Waals surface area contributed by atoms with Crippen LogP contribution in [0.3, 0.4) is 0 Å². The van der Waals surface area contributed by atoms with E-state index in [4.69, 9.17) is 5.11 Å². The summed E-state index contributed by atoms with van der Waals surface area (Å²) in [4.78, 5) is 0. The third-order valence-electron chi connectivity index (χ3n) is 3.00. The molecule has 0 aromatic heterocycles. The summed E-state index contributed by atoms with van der Waals surface area (Å²) >= 11 is 0. The third kappa shape index (κ3) is 3.05. The molecule has 0 amide bonds. The Kier molecular flexibility index (Phi) is 3.39. The van der Waals surface area contributed by atoms with Gasteiger partial charge in [0.1, 0.15) is 0 Å². The summed E-state index contributed by atoms with van der Waals surface area (Å²) in [7, 11) is 0. The molecule has 1 fully saturated rings. The highest BCUT2D eigenvalue weighted by atomic mass is 16.3. The second-order valence-corrected chi connectivity index (χ2v) is 4.52. The van der Waals surface area contributed by atoms with Crippen molar-refractivity contribution in [2.75, 3.05) is 13.1 Å². The Balaban J connectivity index is 1.72. The Hall–Kier alpha value is -0.860. The number of rotatable bonds is 5. The zero-order valence-corrected chi connectivity index (χ0v) is 9.19. The average molecular weight is 205 g/mol. The lowest BCUT2D eigenvalue weighted by Crippen LogP contribution is -2.26. The molecule has 2 heteroatoms. The van der Waals surface area contributed by atoms with Crippen molar-refractivity contribution >= 4 is 0 Å². The second kappa shape index (κ2) is 4.77. The van der Waals surface area contributed by atoms with Crippen LogP contribution in [0.15, 0.2) is 30.3 Å². The molecule has 1 aromatic carbocycles. The summed E-state index contributed by atoms with van der Waals surface area (Å²) < 4.78 is 0. The van der Waals surface area contributed by atoms with Crippen molar-refractivity contribution in [3.63, 3.8) is 0 Å². The van der Waals surface area contributed by atoms with E-state index >= 15 is 0 Å². The molecule has 2 nitrogen and oxygen atoms in total. The van der Waals surface area contributed by atoms with Crippen molar-refractivity contribution in [3.8, 4) is 0 Å². The summed E-state index contributed by atoms with van der Waals surface area (Å²) in [6.07, 6.45) is 1.05. The van der Waals surface area contributed by atoms with E-state index in [1.165, 1.54) is 12.0 Å². The van der Waals surface area contributed by atoms with Gasteiger partial charge in [-0.3, -0.25) is 0 Å². The Morgan fingerprint density at radius 3 is 2.80 bits per heavy atom. The van der Waals surface area contributed by atoms with Gasteiger partial charge in [-0.2, -0.15) is 0 Å². The number of nitrogens with one attached hydrogen (secondary N) is 1. The van der Waals surface area contributed by atoms with E-state index in [0.717, 1.165) is 18.4 Å². The zero-order valence-electron chi connectivity index (χ0n) is 9.19. The minimum Gasteiger partial charge on any atom is -0.392 e. The van der Waals surface area contributed by atoms with Crippen LogP contribution in [0.4, 0.5) is 0 Å². The van der Waals surface area contributed by atoms with Crippen LogP contribution in [0, 0.1) is 5.92 Å². The van der Waals surface area contributed by atoms with Crippen molar-refractivity contribution in [2.45, 2.75) is 25.4 Å². The van der Waals surface area contributed by atoms with Crippen molar-refractivity contribution in [3.05, 3.63) is 35.9 Å². The number of benzene rings is 1. The van der Waals surface area contributed by atoms with Gasteiger partial charge in [0.15, 0.2) is 0 Å². The molecule has 0 heterocycles. The van der Waals surface area contributed by atoms with Gasteiger partial charge in [-0.05, 0) is 37.3 Å². The monoisotopic (exact) mass is 205 g/mol. The Bertz CT molecular complexity index is 297. The van der Waals surface area contributed by atoms with E-state index < -0.39 is 0 Å². The largest absolute Gasteiger partial charge is 0.392 e. The predicted molar refractivity (Wildman–Crippen MR) is 61.8 cm³/mol. The fourth-order valence-corrected chi connectivity index (χ4v) is 2.06. The minimum atomic E-state index is -0.237. The maximum Gasteiger partial charge on any atom is 0.0636 e. The summed E-state index contributed by atoms with van der Waals surface area (Å²) in [6, 6.07) is 10.7. The molecule has 0 radical (unpaired) electrons. The Labute approximate surface area is 91.3 Å². The molecule has 0 aliphatic heterocycles. The molecule has 82 valence electrons. The third-order valence-corrected chi connectivity index (χ3v) is 3.00. The van der Waals surface area contributed by atoms with Crippen LogP contribution in [0.25, 0.3) is 0 Å². The lowest BCUT2D eigenvalue weighted by atomic mass is 10.1. The molecule has 0 saturated heterocycles. The van der Waals surface area contributed by atoms with Crippen molar-refractivity contribution in [1.29, 1.82) is 0 Å². The van der Waals surface area contributed by atoms with E-state index in [-0.39, 0.29) is 6.10 Å². The quantitative estimate of drug-likeness (QED) is 0.767. The van der Waals surface area contributed by atoms with Gasteiger partial charge in [0.25, 0.3) is 0 Å². The van der Waals surface area contributed by atoms with E-state index in [1.54, 1.807) is 0 Å². The fourth-order valence-electron chi connectivity index (χ4n) is 2.06. The van der Waals surface area contributed by atoms with Gasteiger partial charge in [-0.1, -0.05) is 30.3 Å². The van der Waals surface area contributed by atoms with E-state index in [2.05, 4.69) is 35.6 Å². The average Bonchev–Trinajstić information content (AvgIpc) is 2.98. The van der Waals surface area contributed by atoms with Gasteiger partial charge in [0.2, 0.25) is 0 Å². The van der Waals surface area contributed by atoms with Crippen LogP contribution in [-0.4, -0.2) is 24.3 Å². The molecular formula is C13H19NO. The van der Waals surface area contributed by atoms with Crippen LogP contribution >= 0.6 is 0 Å². The molecule has 2 rings (SSSR count). The summed E-state index contributed by atoms with van der Waals surface area (Å²) in [5, 5.41) is 12.4. The second-order valence-electron chi connectivity index (χ2n) is 4.52. The van der Waals surface area contributed by atoms with Crippen LogP contribution in [-0.2, 0) is 0 Å². The fraction of sp³-hybridized carbons (Fsp3) is 0.538. The van der Waals surface area contributed by atoms with Crippen LogP contribution in [0.5, 0.6) is 0 Å². The first-order valence-corrected chi connectivity index (χ1v) is 5.71. The van der Waals surface area contributed by atoms with Crippen molar-refractivity contribution in [1.82, 2.24) is 5.32 Å². The van der Waals surface area contributed by atoms with Gasteiger partial charge in [0, 0.05) is 6.54 Å². The van der Waals surface area contributed by atoms with Crippen molar-refractivity contribution in [2.24, 2.45) is 5.92 Å². The lowest BCUT2D eigenvalue weighted by molar-refractivity contribution is 0.191. The highest BCUT2D eigenvalue weighted by molar-refractivity contribution is 5.25. The molecule has 0 spiro atoms. The van der Waals surface area contributed by atoms with Gasteiger partial charge >= 0.3 is 0 Å². The number of aliphatic hydroxyl groups is 1. The molecule has 3 unspecified atom stereocenters. The van der Waals surface area contributed by atoms with E-state index in [9.17, 15) is 0 Å². The van der Waals surface area contributed by atoms with E-state index in [0.29, 0.717) is 6.54 Å². The lowest BCUT2D eigenvalue weighted by Gasteiger charge is -2.06. The van der Waals surface area contributed by atoms with Crippen molar-refractivity contribution < 1.29 is 5.11 Å². The topological polar surface area (TPSA) is 32.3 Å². The normalized spacial score (nSPS) is 26.3. The van der Waals surface area contributed by atoms with Gasteiger partial charge in [-0.15, -0.1) is 0 Å². The molecule has 2 N–H and O–H groups in total.